The fourth-order valence-electron chi connectivity index (χ4n) is 1.72. The van der Waals surface area contributed by atoms with Gasteiger partial charge in [-0.1, -0.05) is 41.1 Å². The summed E-state index contributed by atoms with van der Waals surface area (Å²) in [5.41, 5.74) is 3.53. The number of nitrogens with one attached hydrogen (secondary N) is 1. The number of hydrogen-bond donors (Lipinski definition) is 1. The van der Waals surface area contributed by atoms with Gasteiger partial charge in [0.05, 0.1) is 6.21 Å². The number of amides is 1. The van der Waals surface area contributed by atoms with Gasteiger partial charge in [-0.2, -0.15) is 5.10 Å². The molecule has 0 radical (unpaired) electrons. The van der Waals surface area contributed by atoms with Crippen LogP contribution in [0, 0.1) is 0 Å². The van der Waals surface area contributed by atoms with Crippen LogP contribution in [-0.2, 0) is 4.79 Å². The van der Waals surface area contributed by atoms with Crippen molar-refractivity contribution >= 4 is 34.0 Å². The average molecular weight is 375 g/mol. The lowest BCUT2D eigenvalue weighted by molar-refractivity contribution is -0.134. The number of carbonyl (C=O) groups is 2. The average Bonchev–Trinajstić information content (AvgIpc) is 2.57. The molecular weight excluding hydrogens is 360 g/mol. The van der Waals surface area contributed by atoms with Gasteiger partial charge in [0.15, 0.2) is 0 Å². The molecule has 6 heteroatoms. The molecule has 1 N–H and O–H groups in total. The number of hydrogen-bond acceptors (Lipinski definition) is 4. The summed E-state index contributed by atoms with van der Waals surface area (Å²) in [6.45, 7) is 1.72. The third-order valence-electron chi connectivity index (χ3n) is 2.89. The van der Waals surface area contributed by atoms with Crippen LogP contribution in [0.15, 0.2) is 58.1 Å². The lowest BCUT2D eigenvalue weighted by Crippen LogP contribution is -2.17. The summed E-state index contributed by atoms with van der Waals surface area (Å²) in [6.07, 6.45) is 1.71. The smallest absolute Gasteiger partial charge is 0.310 e. The lowest BCUT2D eigenvalue weighted by Gasteiger charge is -2.07. The summed E-state index contributed by atoms with van der Waals surface area (Å²) in [4.78, 5) is 23.3. The van der Waals surface area contributed by atoms with Crippen molar-refractivity contribution < 1.29 is 14.3 Å². The summed E-state index contributed by atoms with van der Waals surface area (Å²) in [6, 6.07) is 13.9. The van der Waals surface area contributed by atoms with Crippen LogP contribution in [0.25, 0.3) is 0 Å². The first-order valence-corrected chi connectivity index (χ1v) is 7.78. The number of ether oxygens (including phenoxy) is 1. The molecule has 0 saturated carbocycles. The molecule has 5 nitrogen and oxygen atoms in total. The van der Waals surface area contributed by atoms with Crippen molar-refractivity contribution in [2.75, 3.05) is 0 Å². The minimum atomic E-state index is -0.338. The highest BCUT2D eigenvalue weighted by Crippen LogP contribution is 2.22. The molecule has 0 aromatic heterocycles. The van der Waals surface area contributed by atoms with Gasteiger partial charge in [0.25, 0.3) is 5.91 Å². The van der Waals surface area contributed by atoms with Gasteiger partial charge in [0.2, 0.25) is 0 Å². The second kappa shape index (κ2) is 8.24. The number of halogens is 1. The highest BCUT2D eigenvalue weighted by molar-refractivity contribution is 9.10. The third-order valence-corrected chi connectivity index (χ3v) is 3.38. The number of esters is 1. The summed E-state index contributed by atoms with van der Waals surface area (Å²) < 4.78 is 6.04. The Kier molecular flexibility index (Phi) is 6.05. The zero-order valence-corrected chi connectivity index (χ0v) is 14.0. The molecule has 0 heterocycles. The molecule has 118 valence electrons. The van der Waals surface area contributed by atoms with E-state index in [0.717, 1.165) is 4.47 Å². The van der Waals surface area contributed by atoms with Crippen LogP contribution in [0.2, 0.25) is 0 Å². The molecule has 0 unspecified atom stereocenters. The fourth-order valence-corrected chi connectivity index (χ4v) is 2.10. The molecular formula is C17H15BrN2O3. The highest BCUT2D eigenvalue weighted by atomic mass is 79.9. The van der Waals surface area contributed by atoms with Crippen molar-refractivity contribution in [1.29, 1.82) is 0 Å². The minimum Gasteiger partial charge on any atom is -0.426 e. The molecule has 0 atom stereocenters. The summed E-state index contributed by atoms with van der Waals surface area (Å²) >= 11 is 3.35. The summed E-state index contributed by atoms with van der Waals surface area (Å²) in [5, 5.41) is 3.92. The molecule has 23 heavy (non-hydrogen) atoms. The fraction of sp³-hybridized carbons (Fsp3) is 0.118. The first-order chi connectivity index (χ1) is 11.1. The Hall–Kier alpha value is -2.47. The maximum absolute atomic E-state index is 11.9. The van der Waals surface area contributed by atoms with Crippen LogP contribution in [-0.4, -0.2) is 18.1 Å². The topological polar surface area (TPSA) is 67.8 Å². The zero-order chi connectivity index (χ0) is 16.7. The normalized spacial score (nSPS) is 10.5. The van der Waals surface area contributed by atoms with Crippen molar-refractivity contribution in [3.63, 3.8) is 0 Å². The SMILES string of the molecule is CCC(=O)Oc1ccc(Br)cc1/C=N\NC(=O)c1ccccc1. The molecule has 0 saturated heterocycles. The van der Waals surface area contributed by atoms with Crippen LogP contribution >= 0.6 is 15.9 Å². The van der Waals surface area contributed by atoms with Crippen molar-refractivity contribution in [3.05, 3.63) is 64.1 Å². The number of nitrogens with zero attached hydrogens (tertiary/aromatic N) is 1. The molecule has 0 bridgehead atoms. The molecule has 1 amide bonds. The number of rotatable bonds is 5. The van der Waals surface area contributed by atoms with E-state index in [4.69, 9.17) is 4.74 Å². The van der Waals surface area contributed by atoms with E-state index in [0.29, 0.717) is 16.9 Å². The van der Waals surface area contributed by atoms with Crippen LogP contribution in [0.3, 0.4) is 0 Å². The Bertz CT molecular complexity index is 730. The predicted octanol–water partition coefficient (Wildman–Crippen LogP) is 3.53. The van der Waals surface area contributed by atoms with Crippen molar-refractivity contribution in [2.45, 2.75) is 13.3 Å². The van der Waals surface area contributed by atoms with Gasteiger partial charge < -0.3 is 4.74 Å². The largest absolute Gasteiger partial charge is 0.426 e. The Morgan fingerprint density at radius 1 is 1.22 bits per heavy atom. The third kappa shape index (κ3) is 5.03. The van der Waals surface area contributed by atoms with Crippen molar-refractivity contribution in [1.82, 2.24) is 5.43 Å². The lowest BCUT2D eigenvalue weighted by atomic mass is 10.2. The molecule has 2 aromatic rings. The van der Waals surface area contributed by atoms with Gasteiger partial charge in [-0.05, 0) is 30.3 Å². The van der Waals surface area contributed by atoms with E-state index in [-0.39, 0.29) is 18.3 Å². The van der Waals surface area contributed by atoms with E-state index in [1.807, 2.05) is 6.07 Å². The van der Waals surface area contributed by atoms with Gasteiger partial charge in [0.1, 0.15) is 5.75 Å². The molecule has 0 spiro atoms. The maximum Gasteiger partial charge on any atom is 0.310 e. The highest BCUT2D eigenvalue weighted by Gasteiger charge is 2.08. The first kappa shape index (κ1) is 16.9. The van der Waals surface area contributed by atoms with Crippen LogP contribution < -0.4 is 10.2 Å². The second-order valence-electron chi connectivity index (χ2n) is 4.57. The van der Waals surface area contributed by atoms with Crippen molar-refractivity contribution in [3.8, 4) is 5.75 Å². The van der Waals surface area contributed by atoms with E-state index in [1.54, 1.807) is 49.4 Å². The van der Waals surface area contributed by atoms with Gasteiger partial charge in [-0.15, -0.1) is 0 Å². The molecule has 2 aromatic carbocycles. The Morgan fingerprint density at radius 3 is 2.65 bits per heavy atom. The number of hydrazone groups is 1. The van der Waals surface area contributed by atoms with E-state index >= 15 is 0 Å². The van der Waals surface area contributed by atoms with Gasteiger partial charge in [-0.3, -0.25) is 9.59 Å². The monoisotopic (exact) mass is 374 g/mol. The quantitative estimate of drug-likeness (QED) is 0.376. The molecule has 0 aliphatic heterocycles. The number of carbonyl (C=O) groups excluding carboxylic acids is 2. The van der Waals surface area contributed by atoms with Gasteiger partial charge in [-0.25, -0.2) is 5.43 Å². The summed E-state index contributed by atoms with van der Waals surface area (Å²) in [5.74, 6) is -0.267. The van der Waals surface area contributed by atoms with Crippen LogP contribution in [0.5, 0.6) is 5.75 Å². The Balaban J connectivity index is 2.11. The van der Waals surface area contributed by atoms with Crippen LogP contribution in [0.1, 0.15) is 29.3 Å². The summed E-state index contributed by atoms with van der Waals surface area (Å²) in [7, 11) is 0. The van der Waals surface area contributed by atoms with Crippen molar-refractivity contribution in [2.24, 2.45) is 5.10 Å². The van der Waals surface area contributed by atoms with E-state index in [2.05, 4.69) is 26.5 Å². The Morgan fingerprint density at radius 2 is 1.96 bits per heavy atom. The standard InChI is InChI=1S/C17H15BrN2O3/c1-2-16(21)23-15-9-8-14(18)10-13(15)11-19-20-17(22)12-6-4-3-5-7-12/h3-11H,2H2,1H3,(H,20,22)/b19-11-. The first-order valence-electron chi connectivity index (χ1n) is 6.99. The molecule has 2 rings (SSSR count). The minimum absolute atomic E-state index is 0.275. The molecule has 0 fully saturated rings. The van der Waals surface area contributed by atoms with Gasteiger partial charge >= 0.3 is 5.97 Å². The Labute approximate surface area is 142 Å². The zero-order valence-electron chi connectivity index (χ0n) is 12.5. The molecule has 0 aliphatic rings. The number of benzene rings is 2. The predicted molar refractivity (Wildman–Crippen MR) is 91.6 cm³/mol. The van der Waals surface area contributed by atoms with E-state index in [1.165, 1.54) is 6.21 Å². The second-order valence-corrected chi connectivity index (χ2v) is 5.49. The molecule has 0 aliphatic carbocycles. The van der Waals surface area contributed by atoms with Gasteiger partial charge in [0, 0.05) is 22.0 Å². The van der Waals surface area contributed by atoms with Crippen LogP contribution in [0.4, 0.5) is 0 Å². The van der Waals surface area contributed by atoms with E-state index in [9.17, 15) is 9.59 Å². The maximum atomic E-state index is 11.9. The van der Waals surface area contributed by atoms with E-state index < -0.39 is 0 Å².